The van der Waals surface area contributed by atoms with Gasteiger partial charge in [0.15, 0.2) is 6.17 Å². The maximum absolute atomic E-state index is 12.9. The highest BCUT2D eigenvalue weighted by molar-refractivity contribution is 6.17. The molecule has 0 N–H and O–H groups in total. The highest BCUT2D eigenvalue weighted by Gasteiger charge is 2.43. The second-order valence-electron chi connectivity index (χ2n) is 7.31. The minimum absolute atomic E-state index is 0.0531. The summed E-state index contributed by atoms with van der Waals surface area (Å²) in [7, 11) is 0. The van der Waals surface area contributed by atoms with E-state index < -0.39 is 6.17 Å². The van der Waals surface area contributed by atoms with Crippen molar-refractivity contribution in [3.05, 3.63) is 65.7 Å². The number of fused-ring (bicyclic) bond motifs is 1. The van der Waals surface area contributed by atoms with Crippen LogP contribution in [0.3, 0.4) is 0 Å². The number of likely N-dealkylation sites (tertiary alicyclic amines) is 1. The average Bonchev–Trinajstić information content (AvgIpc) is 2.96. The maximum Gasteiger partial charge on any atom is 0.225 e. The van der Waals surface area contributed by atoms with Crippen LogP contribution in [0.1, 0.15) is 35.7 Å². The van der Waals surface area contributed by atoms with Crippen LogP contribution in [-0.2, 0) is 11.2 Å². The Morgan fingerprint density at radius 3 is 2.35 bits per heavy atom. The Morgan fingerprint density at radius 1 is 1.00 bits per heavy atom. The van der Waals surface area contributed by atoms with Gasteiger partial charge in [-0.15, -0.1) is 0 Å². The van der Waals surface area contributed by atoms with E-state index in [0.29, 0.717) is 11.5 Å². The molecule has 0 radical (unpaired) electrons. The largest absolute Gasteiger partial charge is 0.290 e. The molecule has 134 valence electrons. The summed E-state index contributed by atoms with van der Waals surface area (Å²) in [6.45, 7) is 3.25. The van der Waals surface area contributed by atoms with Gasteiger partial charge in [-0.2, -0.15) is 0 Å². The summed E-state index contributed by atoms with van der Waals surface area (Å²) in [6.07, 6.45) is 2.73. The lowest BCUT2D eigenvalue weighted by atomic mass is 9.90. The summed E-state index contributed by atoms with van der Waals surface area (Å²) in [5, 5.41) is 0. The molecule has 0 spiro atoms. The fourth-order valence-corrected chi connectivity index (χ4v) is 4.30. The third-order valence-corrected chi connectivity index (χ3v) is 5.61. The van der Waals surface area contributed by atoms with Gasteiger partial charge in [-0.05, 0) is 42.9 Å². The fourth-order valence-electron chi connectivity index (χ4n) is 4.30. The number of anilines is 1. The molecule has 1 saturated heterocycles. The number of ketones is 1. The zero-order valence-corrected chi connectivity index (χ0v) is 15.1. The summed E-state index contributed by atoms with van der Waals surface area (Å²) in [6, 6.07) is 18.0. The molecule has 2 heterocycles. The molecule has 2 aromatic carbocycles. The third kappa shape index (κ3) is 3.06. The molecule has 2 aliphatic rings. The summed E-state index contributed by atoms with van der Waals surface area (Å²) in [4.78, 5) is 29.1. The number of piperidine rings is 1. The van der Waals surface area contributed by atoms with Crippen molar-refractivity contribution in [1.29, 1.82) is 0 Å². The first-order chi connectivity index (χ1) is 12.6. The number of nitrogens with zero attached hydrogens (tertiary/aromatic N) is 2. The van der Waals surface area contributed by atoms with Crippen LogP contribution in [0.5, 0.6) is 0 Å². The Balaban J connectivity index is 1.47. The molecule has 1 fully saturated rings. The van der Waals surface area contributed by atoms with Crippen molar-refractivity contribution in [3.8, 4) is 0 Å². The molecule has 4 nitrogen and oxygen atoms in total. The second kappa shape index (κ2) is 7.04. The minimum atomic E-state index is -0.470. The molecule has 0 saturated carbocycles. The first-order valence-corrected chi connectivity index (χ1v) is 9.36. The van der Waals surface area contributed by atoms with Crippen LogP contribution in [0.2, 0.25) is 0 Å². The zero-order chi connectivity index (χ0) is 18.1. The monoisotopic (exact) mass is 348 g/mol. The van der Waals surface area contributed by atoms with Crippen LogP contribution in [0.25, 0.3) is 0 Å². The number of carbonyl (C=O) groups excluding carboxylic acids is 2. The van der Waals surface area contributed by atoms with Gasteiger partial charge in [-0.3, -0.25) is 19.4 Å². The first-order valence-electron chi connectivity index (χ1n) is 9.36. The molecule has 0 bridgehead atoms. The number of hydrogen-bond acceptors (Lipinski definition) is 3. The standard InChI is InChI=1S/C22H24N2O2/c1-16(25)24-20-10-6-5-9-19(20)21(26)22(24)23-13-11-18(12-14-23)15-17-7-3-2-4-8-17/h2-10,18,22H,11-15H2,1H3. The van der Waals surface area contributed by atoms with Crippen LogP contribution >= 0.6 is 0 Å². The Kier molecular flexibility index (Phi) is 4.60. The van der Waals surface area contributed by atoms with E-state index in [2.05, 4.69) is 29.2 Å². The molecule has 1 atom stereocenters. The first kappa shape index (κ1) is 17.0. The van der Waals surface area contributed by atoms with Gasteiger partial charge in [-0.1, -0.05) is 42.5 Å². The van der Waals surface area contributed by atoms with E-state index in [1.165, 1.54) is 5.56 Å². The lowest BCUT2D eigenvalue weighted by Crippen LogP contribution is -2.54. The van der Waals surface area contributed by atoms with Crippen molar-refractivity contribution < 1.29 is 9.59 Å². The maximum atomic E-state index is 12.9. The third-order valence-electron chi connectivity index (χ3n) is 5.61. The van der Waals surface area contributed by atoms with Gasteiger partial charge in [0.2, 0.25) is 11.7 Å². The van der Waals surface area contributed by atoms with Crippen LogP contribution in [0, 0.1) is 5.92 Å². The second-order valence-corrected chi connectivity index (χ2v) is 7.31. The lowest BCUT2D eigenvalue weighted by Gasteiger charge is -2.38. The molecule has 2 aromatic rings. The number of rotatable bonds is 3. The van der Waals surface area contributed by atoms with E-state index in [1.807, 2.05) is 30.3 Å². The number of Topliss-reactive ketones (excluding diaryl/α,β-unsaturated/α-hetero) is 1. The summed E-state index contributed by atoms with van der Waals surface area (Å²) < 4.78 is 0. The fraction of sp³-hybridized carbons (Fsp3) is 0.364. The molecule has 0 aliphatic carbocycles. The van der Waals surface area contributed by atoms with E-state index in [-0.39, 0.29) is 11.7 Å². The molecule has 0 aromatic heterocycles. The van der Waals surface area contributed by atoms with Gasteiger partial charge in [0.25, 0.3) is 0 Å². The smallest absolute Gasteiger partial charge is 0.225 e. The Morgan fingerprint density at radius 2 is 1.65 bits per heavy atom. The van der Waals surface area contributed by atoms with Gasteiger partial charge in [-0.25, -0.2) is 0 Å². The van der Waals surface area contributed by atoms with Crippen molar-refractivity contribution >= 4 is 17.4 Å². The van der Waals surface area contributed by atoms with Crippen molar-refractivity contribution in [2.45, 2.75) is 32.4 Å². The Hall–Kier alpha value is -2.46. The van der Waals surface area contributed by atoms with Crippen LogP contribution in [-0.4, -0.2) is 35.8 Å². The molecule has 26 heavy (non-hydrogen) atoms. The van der Waals surface area contributed by atoms with E-state index >= 15 is 0 Å². The molecule has 4 rings (SSSR count). The number of amides is 1. The number of hydrogen-bond donors (Lipinski definition) is 0. The van der Waals surface area contributed by atoms with Crippen LogP contribution in [0.4, 0.5) is 5.69 Å². The van der Waals surface area contributed by atoms with Crippen LogP contribution < -0.4 is 4.90 Å². The molecule has 1 unspecified atom stereocenters. The molecular formula is C22H24N2O2. The summed E-state index contributed by atoms with van der Waals surface area (Å²) in [5.41, 5.74) is 2.79. The Bertz CT molecular complexity index is 810. The van der Waals surface area contributed by atoms with Crippen molar-refractivity contribution in [2.24, 2.45) is 5.92 Å². The quantitative estimate of drug-likeness (QED) is 0.852. The Labute approximate surface area is 154 Å². The van der Waals surface area contributed by atoms with Gasteiger partial charge in [0.05, 0.1) is 5.69 Å². The van der Waals surface area contributed by atoms with Crippen molar-refractivity contribution in [3.63, 3.8) is 0 Å². The topological polar surface area (TPSA) is 40.6 Å². The van der Waals surface area contributed by atoms with Crippen molar-refractivity contribution in [1.82, 2.24) is 4.90 Å². The summed E-state index contributed by atoms with van der Waals surface area (Å²) >= 11 is 0. The van der Waals surface area contributed by atoms with Crippen molar-refractivity contribution in [2.75, 3.05) is 18.0 Å². The SMILES string of the molecule is CC(=O)N1c2ccccc2C(=O)C1N1CCC(Cc2ccccc2)CC1. The van der Waals surface area contributed by atoms with Crippen LogP contribution in [0.15, 0.2) is 54.6 Å². The van der Waals surface area contributed by atoms with E-state index in [1.54, 1.807) is 11.8 Å². The predicted molar refractivity (Wildman–Crippen MR) is 102 cm³/mol. The molecule has 1 amide bonds. The van der Waals surface area contributed by atoms with E-state index in [9.17, 15) is 9.59 Å². The molecule has 4 heteroatoms. The van der Waals surface area contributed by atoms with E-state index in [0.717, 1.165) is 38.0 Å². The number of para-hydroxylation sites is 1. The highest BCUT2D eigenvalue weighted by atomic mass is 16.2. The summed E-state index contributed by atoms with van der Waals surface area (Å²) in [5.74, 6) is 0.621. The number of benzene rings is 2. The van der Waals surface area contributed by atoms with Gasteiger partial charge in [0.1, 0.15) is 0 Å². The minimum Gasteiger partial charge on any atom is -0.290 e. The molecular weight excluding hydrogens is 324 g/mol. The van der Waals surface area contributed by atoms with E-state index in [4.69, 9.17) is 0 Å². The highest BCUT2D eigenvalue weighted by Crippen LogP contribution is 2.35. The molecule has 2 aliphatic heterocycles. The normalized spacial score (nSPS) is 21.0. The average molecular weight is 348 g/mol. The lowest BCUT2D eigenvalue weighted by molar-refractivity contribution is -0.117. The number of carbonyl (C=O) groups is 2. The van der Waals surface area contributed by atoms with Gasteiger partial charge < -0.3 is 0 Å². The predicted octanol–water partition coefficient (Wildman–Crippen LogP) is 3.52. The van der Waals surface area contributed by atoms with Gasteiger partial charge in [0, 0.05) is 25.6 Å². The zero-order valence-electron chi connectivity index (χ0n) is 15.1. The van der Waals surface area contributed by atoms with Gasteiger partial charge >= 0.3 is 0 Å².